The molecule has 0 atom stereocenters. The lowest BCUT2D eigenvalue weighted by Crippen LogP contribution is -2.23. The summed E-state index contributed by atoms with van der Waals surface area (Å²) in [6.45, 7) is 4.28. The number of aryl methyl sites for hydroxylation is 2. The SMILES string of the molecule is Cc1cc(Nc2cc(C)[nH]n2)nc(-c2ccc(C(=O)NCc3c[nH+]cs3)nc2)n1. The van der Waals surface area contributed by atoms with Crippen molar-refractivity contribution in [3.8, 4) is 11.4 Å². The molecule has 0 aliphatic carbocycles. The van der Waals surface area contributed by atoms with Crippen molar-refractivity contribution in [3.63, 3.8) is 0 Å². The quantitative estimate of drug-likeness (QED) is 0.451. The van der Waals surface area contributed by atoms with Crippen molar-refractivity contribution in [2.45, 2.75) is 20.4 Å². The molecule has 0 aromatic carbocycles. The van der Waals surface area contributed by atoms with E-state index in [0.29, 0.717) is 29.7 Å². The zero-order valence-electron chi connectivity index (χ0n) is 15.9. The minimum Gasteiger partial charge on any atom is -0.346 e. The normalized spacial score (nSPS) is 10.7. The van der Waals surface area contributed by atoms with Gasteiger partial charge >= 0.3 is 0 Å². The third-order valence-corrected chi connectivity index (χ3v) is 4.84. The number of thiazole rings is 1. The Labute approximate surface area is 170 Å². The third kappa shape index (κ3) is 4.61. The number of hydrogen-bond donors (Lipinski definition) is 3. The monoisotopic (exact) mass is 407 g/mol. The van der Waals surface area contributed by atoms with Gasteiger partial charge in [0.05, 0.1) is 11.4 Å². The first-order chi connectivity index (χ1) is 14.1. The van der Waals surface area contributed by atoms with Crippen molar-refractivity contribution in [1.29, 1.82) is 0 Å². The van der Waals surface area contributed by atoms with Crippen molar-refractivity contribution in [2.75, 3.05) is 5.32 Å². The molecule has 29 heavy (non-hydrogen) atoms. The summed E-state index contributed by atoms with van der Waals surface area (Å²) < 4.78 is 0. The first-order valence-corrected chi connectivity index (χ1v) is 9.77. The van der Waals surface area contributed by atoms with Crippen LogP contribution in [-0.4, -0.2) is 31.1 Å². The van der Waals surface area contributed by atoms with Gasteiger partial charge in [-0.25, -0.2) is 15.0 Å². The van der Waals surface area contributed by atoms with Gasteiger partial charge in [-0.15, -0.1) is 0 Å². The summed E-state index contributed by atoms with van der Waals surface area (Å²) in [5.41, 5.74) is 4.67. The van der Waals surface area contributed by atoms with Crippen LogP contribution in [0.3, 0.4) is 0 Å². The number of aromatic nitrogens is 6. The average Bonchev–Trinajstić information content (AvgIpc) is 3.37. The zero-order valence-corrected chi connectivity index (χ0v) is 16.7. The van der Waals surface area contributed by atoms with Crippen LogP contribution in [0.5, 0.6) is 0 Å². The smallest absolute Gasteiger partial charge is 0.270 e. The Morgan fingerprint density at radius 2 is 2.10 bits per heavy atom. The Kier molecular flexibility index (Phi) is 5.25. The lowest BCUT2D eigenvalue weighted by atomic mass is 10.2. The zero-order chi connectivity index (χ0) is 20.2. The molecule has 4 aromatic rings. The van der Waals surface area contributed by atoms with Crippen molar-refractivity contribution < 1.29 is 9.78 Å². The summed E-state index contributed by atoms with van der Waals surface area (Å²) in [5, 5.41) is 13.0. The number of H-pyrrole nitrogens is 2. The number of nitrogens with zero attached hydrogens (tertiary/aromatic N) is 4. The molecule has 4 rings (SSSR count). The Hall–Kier alpha value is -3.66. The van der Waals surface area contributed by atoms with Crippen molar-refractivity contribution in [1.82, 2.24) is 30.5 Å². The van der Waals surface area contributed by atoms with Gasteiger partial charge in [0.25, 0.3) is 5.91 Å². The van der Waals surface area contributed by atoms with Gasteiger partial charge in [0.2, 0.25) is 5.51 Å². The second-order valence-electron chi connectivity index (χ2n) is 6.41. The van der Waals surface area contributed by atoms with E-state index in [1.165, 1.54) is 0 Å². The van der Waals surface area contributed by atoms with E-state index < -0.39 is 0 Å². The molecular formula is C19H19N8OS+. The molecule has 4 heterocycles. The van der Waals surface area contributed by atoms with Gasteiger partial charge in [0, 0.05) is 35.3 Å². The van der Waals surface area contributed by atoms with Crippen LogP contribution in [0.1, 0.15) is 26.8 Å². The largest absolute Gasteiger partial charge is 0.346 e. The molecule has 0 spiro atoms. The van der Waals surface area contributed by atoms with Gasteiger partial charge < -0.3 is 10.6 Å². The molecule has 0 fully saturated rings. The molecule has 0 saturated heterocycles. The molecule has 0 aliphatic rings. The van der Waals surface area contributed by atoms with E-state index >= 15 is 0 Å². The molecule has 146 valence electrons. The minimum atomic E-state index is -0.230. The highest BCUT2D eigenvalue weighted by Gasteiger charge is 2.11. The number of hydrogen-bond acceptors (Lipinski definition) is 7. The van der Waals surface area contributed by atoms with Gasteiger partial charge in [-0.3, -0.25) is 14.9 Å². The number of nitrogens with one attached hydrogen (secondary N) is 4. The van der Waals surface area contributed by atoms with Gasteiger partial charge in [0.1, 0.15) is 11.5 Å². The predicted octanol–water partition coefficient (Wildman–Crippen LogP) is 2.43. The number of aromatic amines is 2. The maximum absolute atomic E-state index is 12.3. The third-order valence-electron chi connectivity index (χ3n) is 4.02. The van der Waals surface area contributed by atoms with Gasteiger partial charge in [-0.05, 0) is 26.0 Å². The fourth-order valence-electron chi connectivity index (χ4n) is 2.66. The molecule has 4 aromatic heterocycles. The number of rotatable bonds is 6. The van der Waals surface area contributed by atoms with Crippen molar-refractivity contribution >= 4 is 28.9 Å². The Bertz CT molecular complexity index is 1120. The topological polar surface area (TPSA) is 123 Å². The molecule has 9 nitrogen and oxygen atoms in total. The molecular weight excluding hydrogens is 388 g/mol. The highest BCUT2D eigenvalue weighted by molar-refractivity contribution is 7.09. The fourth-order valence-corrected chi connectivity index (χ4v) is 3.24. The highest BCUT2D eigenvalue weighted by Crippen LogP contribution is 2.20. The number of anilines is 2. The van der Waals surface area contributed by atoms with E-state index in [1.54, 1.807) is 29.7 Å². The predicted molar refractivity (Wildman–Crippen MR) is 109 cm³/mol. The fraction of sp³-hybridized carbons (Fsp3) is 0.158. The average molecular weight is 407 g/mol. The van der Waals surface area contributed by atoms with E-state index in [-0.39, 0.29) is 5.91 Å². The number of carbonyl (C=O) groups excluding carboxylic acids is 1. The van der Waals surface area contributed by atoms with Crippen molar-refractivity contribution in [3.05, 3.63) is 64.1 Å². The van der Waals surface area contributed by atoms with E-state index in [4.69, 9.17) is 0 Å². The van der Waals surface area contributed by atoms with Crippen LogP contribution < -0.4 is 15.6 Å². The molecule has 4 N–H and O–H groups in total. The van der Waals surface area contributed by atoms with Crippen LogP contribution in [-0.2, 0) is 6.54 Å². The van der Waals surface area contributed by atoms with Crippen LogP contribution in [0.15, 0.2) is 42.2 Å². The number of amides is 1. The summed E-state index contributed by atoms with van der Waals surface area (Å²) in [6.07, 6.45) is 3.46. The second kappa shape index (κ2) is 8.15. The summed E-state index contributed by atoms with van der Waals surface area (Å²) in [4.78, 5) is 29.6. The van der Waals surface area contributed by atoms with Gasteiger partial charge in [-0.1, -0.05) is 11.3 Å². The van der Waals surface area contributed by atoms with Crippen LogP contribution >= 0.6 is 11.3 Å². The highest BCUT2D eigenvalue weighted by atomic mass is 32.1. The first kappa shape index (κ1) is 18.7. The van der Waals surface area contributed by atoms with Crippen LogP contribution in [0.25, 0.3) is 11.4 Å². The van der Waals surface area contributed by atoms with Gasteiger partial charge in [-0.2, -0.15) is 5.10 Å². The minimum absolute atomic E-state index is 0.230. The summed E-state index contributed by atoms with van der Waals surface area (Å²) in [6, 6.07) is 7.18. The lowest BCUT2D eigenvalue weighted by Gasteiger charge is -2.07. The second-order valence-corrected chi connectivity index (χ2v) is 7.40. The molecule has 1 amide bonds. The van der Waals surface area contributed by atoms with Gasteiger partial charge in [0.15, 0.2) is 17.8 Å². The van der Waals surface area contributed by atoms with Crippen molar-refractivity contribution in [2.24, 2.45) is 0 Å². The maximum atomic E-state index is 12.3. The Morgan fingerprint density at radius 3 is 2.79 bits per heavy atom. The Morgan fingerprint density at radius 1 is 1.21 bits per heavy atom. The van der Waals surface area contributed by atoms with E-state index in [9.17, 15) is 4.79 Å². The standard InChI is InChI=1S/C19H18N8OS/c1-11-5-16(24-17-6-12(2)26-27-17)25-18(23-11)13-3-4-15(21-7-13)19(28)22-9-14-8-20-10-29-14/h3-8,10H,9H2,1-2H3,(H,22,28)(H2,23,24,25,26,27)/p+1. The lowest BCUT2D eigenvalue weighted by molar-refractivity contribution is -0.371. The van der Waals surface area contributed by atoms with Crippen LogP contribution in [0.4, 0.5) is 11.6 Å². The molecule has 0 saturated carbocycles. The molecule has 0 unspecified atom stereocenters. The summed E-state index contributed by atoms with van der Waals surface area (Å²) in [7, 11) is 0. The number of carbonyl (C=O) groups is 1. The maximum Gasteiger partial charge on any atom is 0.270 e. The summed E-state index contributed by atoms with van der Waals surface area (Å²) in [5.74, 6) is 1.60. The van der Waals surface area contributed by atoms with E-state index in [0.717, 1.165) is 21.8 Å². The molecule has 0 aliphatic heterocycles. The first-order valence-electron chi connectivity index (χ1n) is 8.89. The van der Waals surface area contributed by atoms with Crippen LogP contribution in [0.2, 0.25) is 0 Å². The van der Waals surface area contributed by atoms with E-state index in [1.807, 2.05) is 37.7 Å². The molecule has 0 bridgehead atoms. The van der Waals surface area contributed by atoms with Crippen LogP contribution in [0, 0.1) is 13.8 Å². The van der Waals surface area contributed by atoms with E-state index in [2.05, 4.69) is 40.8 Å². The Balaban J connectivity index is 1.48. The summed E-state index contributed by atoms with van der Waals surface area (Å²) >= 11 is 1.54. The molecule has 0 radical (unpaired) electrons. The number of pyridine rings is 1. The molecule has 10 heteroatoms.